The molecule has 0 aromatic heterocycles. The van der Waals surface area contributed by atoms with Crippen LogP contribution in [0.5, 0.6) is 0 Å². The molecule has 2 aliphatic rings. The quantitative estimate of drug-likeness (QED) is 0.887. The highest BCUT2D eigenvalue weighted by molar-refractivity contribution is 5.23. The van der Waals surface area contributed by atoms with Crippen molar-refractivity contribution < 1.29 is 5.11 Å². The first-order valence-electron chi connectivity index (χ1n) is 7.93. The van der Waals surface area contributed by atoms with Gasteiger partial charge in [0.1, 0.15) is 0 Å². The third kappa shape index (κ3) is 2.76. The average Bonchev–Trinajstić information content (AvgIpc) is 2.49. The predicted molar refractivity (Wildman–Crippen MR) is 82.5 cm³/mol. The van der Waals surface area contributed by atoms with Crippen LogP contribution in [0.2, 0.25) is 0 Å². The van der Waals surface area contributed by atoms with Gasteiger partial charge in [-0.3, -0.25) is 0 Å². The van der Waals surface area contributed by atoms with Crippen molar-refractivity contribution in [1.82, 2.24) is 4.90 Å². The summed E-state index contributed by atoms with van der Waals surface area (Å²) < 4.78 is 0. The van der Waals surface area contributed by atoms with Crippen LogP contribution in [0, 0.1) is 0 Å². The Morgan fingerprint density at radius 1 is 1.05 bits per heavy atom. The van der Waals surface area contributed by atoms with E-state index in [9.17, 15) is 5.11 Å². The minimum Gasteiger partial charge on any atom is -0.391 e. The minimum atomic E-state index is -0.159. The summed E-state index contributed by atoms with van der Waals surface area (Å²) in [6.45, 7) is 5.34. The highest BCUT2D eigenvalue weighted by Crippen LogP contribution is 2.36. The molecule has 0 unspecified atom stereocenters. The molecule has 2 nitrogen and oxygen atoms in total. The van der Waals surface area contributed by atoms with E-state index < -0.39 is 0 Å². The fourth-order valence-electron chi connectivity index (χ4n) is 3.82. The van der Waals surface area contributed by atoms with E-state index >= 15 is 0 Å². The number of piperidine rings is 1. The highest BCUT2D eigenvalue weighted by Gasteiger charge is 2.33. The first-order chi connectivity index (χ1) is 9.75. The topological polar surface area (TPSA) is 23.5 Å². The first kappa shape index (κ1) is 13.7. The molecule has 1 saturated heterocycles. The molecule has 108 valence electrons. The van der Waals surface area contributed by atoms with Gasteiger partial charge in [0.2, 0.25) is 0 Å². The van der Waals surface area contributed by atoms with Crippen molar-refractivity contribution in [2.75, 3.05) is 6.54 Å². The smallest absolute Gasteiger partial charge is 0.0743 e. The van der Waals surface area contributed by atoms with E-state index in [0.29, 0.717) is 12.0 Å². The van der Waals surface area contributed by atoms with E-state index in [4.69, 9.17) is 0 Å². The van der Waals surface area contributed by atoms with Crippen LogP contribution in [0.4, 0.5) is 0 Å². The maximum atomic E-state index is 10.2. The standard InChI is InChI=1S/C18H25NO/c1-14-13-16(15-7-3-2-4-8-15)11-12-19(14)17-9-5-6-10-18(17)20/h2-4,7-8,16-18,20H,1,5-6,9-13H2/t16-,17-,18-/m1/s1. The molecule has 20 heavy (non-hydrogen) atoms. The van der Waals surface area contributed by atoms with Crippen LogP contribution < -0.4 is 0 Å². The SMILES string of the molecule is C=C1C[C@H](c2ccccc2)CCN1[C@@H]1CCCC[C@H]1O. The van der Waals surface area contributed by atoms with Crippen molar-refractivity contribution >= 4 is 0 Å². The van der Waals surface area contributed by atoms with E-state index in [1.807, 2.05) is 0 Å². The van der Waals surface area contributed by atoms with E-state index in [1.165, 1.54) is 30.5 Å². The van der Waals surface area contributed by atoms with Gasteiger partial charge in [0, 0.05) is 12.2 Å². The summed E-state index contributed by atoms with van der Waals surface area (Å²) in [5.41, 5.74) is 2.65. The van der Waals surface area contributed by atoms with Gasteiger partial charge in [0.05, 0.1) is 12.1 Å². The normalized spacial score (nSPS) is 31.4. The molecule has 2 fully saturated rings. The van der Waals surface area contributed by atoms with Gasteiger partial charge in [0.15, 0.2) is 0 Å². The van der Waals surface area contributed by atoms with Gasteiger partial charge in [-0.15, -0.1) is 0 Å². The summed E-state index contributed by atoms with van der Waals surface area (Å²) in [6, 6.07) is 11.1. The van der Waals surface area contributed by atoms with Crippen molar-refractivity contribution in [3.63, 3.8) is 0 Å². The van der Waals surface area contributed by atoms with Crippen molar-refractivity contribution in [2.24, 2.45) is 0 Å². The monoisotopic (exact) mass is 271 g/mol. The number of likely N-dealkylation sites (tertiary alicyclic amines) is 1. The van der Waals surface area contributed by atoms with Crippen LogP contribution in [0.25, 0.3) is 0 Å². The molecule has 1 N–H and O–H groups in total. The van der Waals surface area contributed by atoms with E-state index in [1.54, 1.807) is 0 Å². The number of benzene rings is 1. The molecule has 1 aromatic rings. The molecule has 1 saturated carbocycles. The fourth-order valence-corrected chi connectivity index (χ4v) is 3.82. The number of hydrogen-bond donors (Lipinski definition) is 1. The van der Waals surface area contributed by atoms with Crippen LogP contribution in [-0.2, 0) is 0 Å². The second kappa shape index (κ2) is 6.01. The molecular formula is C18H25NO. The Morgan fingerprint density at radius 2 is 1.80 bits per heavy atom. The van der Waals surface area contributed by atoms with Gasteiger partial charge in [-0.05, 0) is 37.2 Å². The molecule has 0 radical (unpaired) electrons. The molecule has 3 atom stereocenters. The molecule has 0 bridgehead atoms. The third-order valence-electron chi connectivity index (χ3n) is 4.97. The zero-order valence-electron chi connectivity index (χ0n) is 12.2. The van der Waals surface area contributed by atoms with Gasteiger partial charge in [-0.1, -0.05) is 49.8 Å². The summed E-state index contributed by atoms with van der Waals surface area (Å²) in [6.07, 6.45) is 6.54. The lowest BCUT2D eigenvalue weighted by Crippen LogP contribution is -2.47. The van der Waals surface area contributed by atoms with Gasteiger partial charge in [-0.2, -0.15) is 0 Å². The van der Waals surface area contributed by atoms with Gasteiger partial charge in [-0.25, -0.2) is 0 Å². The number of aliphatic hydroxyl groups excluding tert-OH is 1. The van der Waals surface area contributed by atoms with Crippen molar-refractivity contribution in [2.45, 2.75) is 56.6 Å². The zero-order chi connectivity index (χ0) is 13.9. The highest BCUT2D eigenvalue weighted by atomic mass is 16.3. The van der Waals surface area contributed by atoms with E-state index in [2.05, 4.69) is 41.8 Å². The Morgan fingerprint density at radius 3 is 2.50 bits per heavy atom. The minimum absolute atomic E-state index is 0.159. The van der Waals surface area contributed by atoms with Crippen molar-refractivity contribution in [1.29, 1.82) is 0 Å². The number of allylic oxidation sites excluding steroid dienone is 1. The lowest BCUT2D eigenvalue weighted by atomic mass is 9.84. The van der Waals surface area contributed by atoms with Crippen LogP contribution in [0.1, 0.15) is 50.0 Å². The summed E-state index contributed by atoms with van der Waals surface area (Å²) >= 11 is 0. The summed E-state index contributed by atoms with van der Waals surface area (Å²) in [5, 5.41) is 10.2. The van der Waals surface area contributed by atoms with Crippen molar-refractivity contribution in [3.05, 3.63) is 48.2 Å². The van der Waals surface area contributed by atoms with Crippen LogP contribution >= 0.6 is 0 Å². The van der Waals surface area contributed by atoms with Crippen molar-refractivity contribution in [3.8, 4) is 0 Å². The number of nitrogens with zero attached hydrogens (tertiary/aromatic N) is 1. The third-order valence-corrected chi connectivity index (χ3v) is 4.97. The average molecular weight is 271 g/mol. The first-order valence-corrected chi connectivity index (χ1v) is 7.93. The van der Waals surface area contributed by atoms with Gasteiger partial charge in [0.25, 0.3) is 0 Å². The Labute approximate surface area is 122 Å². The second-order valence-corrected chi connectivity index (χ2v) is 6.28. The number of hydrogen-bond acceptors (Lipinski definition) is 2. The van der Waals surface area contributed by atoms with E-state index in [-0.39, 0.29) is 6.10 Å². The van der Waals surface area contributed by atoms with Crippen LogP contribution in [-0.4, -0.2) is 28.7 Å². The largest absolute Gasteiger partial charge is 0.391 e. The van der Waals surface area contributed by atoms with Gasteiger partial charge < -0.3 is 10.0 Å². The summed E-state index contributed by atoms with van der Waals surface area (Å²) in [7, 11) is 0. The molecular weight excluding hydrogens is 246 g/mol. The lowest BCUT2D eigenvalue weighted by molar-refractivity contribution is 0.0272. The fraction of sp³-hybridized carbons (Fsp3) is 0.556. The molecule has 3 rings (SSSR count). The zero-order valence-corrected chi connectivity index (χ0v) is 12.2. The van der Waals surface area contributed by atoms with Crippen LogP contribution in [0.3, 0.4) is 0 Å². The molecule has 1 aromatic carbocycles. The Bertz CT molecular complexity index is 456. The second-order valence-electron chi connectivity index (χ2n) is 6.28. The molecule has 0 amide bonds. The molecule has 2 heteroatoms. The van der Waals surface area contributed by atoms with E-state index in [0.717, 1.165) is 25.8 Å². The van der Waals surface area contributed by atoms with Crippen LogP contribution in [0.15, 0.2) is 42.6 Å². The maximum absolute atomic E-state index is 10.2. The number of aliphatic hydroxyl groups is 1. The Hall–Kier alpha value is -1.28. The Kier molecular flexibility index (Phi) is 4.11. The summed E-state index contributed by atoms with van der Waals surface area (Å²) in [5.74, 6) is 0.598. The molecule has 1 aliphatic heterocycles. The lowest BCUT2D eigenvalue weighted by Gasteiger charge is -2.44. The number of rotatable bonds is 2. The predicted octanol–water partition coefficient (Wildman–Crippen LogP) is 3.68. The summed E-state index contributed by atoms with van der Waals surface area (Å²) in [4.78, 5) is 2.39. The molecule has 1 aliphatic carbocycles. The molecule has 1 heterocycles. The maximum Gasteiger partial charge on any atom is 0.0743 e. The molecule has 0 spiro atoms. The Balaban J connectivity index is 1.66. The van der Waals surface area contributed by atoms with Gasteiger partial charge >= 0.3 is 0 Å².